The van der Waals surface area contributed by atoms with Crippen LogP contribution in [-0.4, -0.2) is 76.6 Å². The number of nitrogens with one attached hydrogen (secondary N) is 1. The van der Waals surface area contributed by atoms with E-state index in [1.165, 1.54) is 7.11 Å². The molecule has 0 saturated carbocycles. The summed E-state index contributed by atoms with van der Waals surface area (Å²) in [5, 5.41) is 31.5. The molecule has 7 nitrogen and oxygen atoms in total. The van der Waals surface area contributed by atoms with Crippen LogP contribution < -0.4 is 5.32 Å². The van der Waals surface area contributed by atoms with Gasteiger partial charge in [-0.3, -0.25) is 4.79 Å². The summed E-state index contributed by atoms with van der Waals surface area (Å²) in [5.41, 5.74) is 3.42. The Morgan fingerprint density at radius 1 is 1.36 bits per heavy atom. The second-order valence-corrected chi connectivity index (χ2v) is 7.42. The van der Waals surface area contributed by atoms with Crippen LogP contribution in [0.5, 0.6) is 0 Å². The average molecular weight is 391 g/mol. The van der Waals surface area contributed by atoms with Crippen molar-refractivity contribution in [3.63, 3.8) is 0 Å². The van der Waals surface area contributed by atoms with Gasteiger partial charge in [-0.1, -0.05) is 6.58 Å². The number of hydrogen-bond acceptors (Lipinski definition) is 5. The normalized spacial score (nSPS) is 18.4. The number of benzene rings is 1. The van der Waals surface area contributed by atoms with Crippen LogP contribution >= 0.6 is 0 Å². The molecular weight excluding hydrogens is 360 g/mol. The predicted octanol–water partition coefficient (Wildman–Crippen LogP) is 0.728. The van der Waals surface area contributed by atoms with Crippen molar-refractivity contribution in [3.05, 3.63) is 42.0 Å². The third-order valence-electron chi connectivity index (χ3n) is 5.35. The van der Waals surface area contributed by atoms with Crippen molar-refractivity contribution < 1.29 is 29.4 Å². The average Bonchev–Trinajstić information content (AvgIpc) is 2.91. The number of carbonyl (C=O) groups excluding carboxylic acids is 1. The Labute approximate surface area is 166 Å². The molecule has 1 aliphatic rings. The summed E-state index contributed by atoms with van der Waals surface area (Å²) in [6.45, 7) is 10.4. The highest BCUT2D eigenvalue weighted by molar-refractivity contribution is 6.03. The summed E-state index contributed by atoms with van der Waals surface area (Å²) in [6, 6.07) is 5.55. The number of aliphatic hydroxyl groups excluding tert-OH is 3. The lowest BCUT2D eigenvalue weighted by molar-refractivity contribution is -0.433. The van der Waals surface area contributed by atoms with Crippen LogP contribution in [0, 0.1) is 0 Å². The van der Waals surface area contributed by atoms with Gasteiger partial charge in [-0.25, -0.2) is 0 Å². The van der Waals surface area contributed by atoms with Gasteiger partial charge < -0.3 is 25.4 Å². The van der Waals surface area contributed by atoms with Crippen LogP contribution in [0.1, 0.15) is 36.7 Å². The number of carbonyl (C=O) groups is 1. The third kappa shape index (κ3) is 4.03. The van der Waals surface area contributed by atoms with Gasteiger partial charge >= 0.3 is 0 Å². The van der Waals surface area contributed by atoms with Gasteiger partial charge in [0.15, 0.2) is 5.71 Å². The van der Waals surface area contributed by atoms with Crippen LogP contribution in [-0.2, 0) is 10.2 Å². The Balaban J connectivity index is 2.17. The van der Waals surface area contributed by atoms with E-state index in [9.17, 15) is 15.0 Å². The fourth-order valence-corrected chi connectivity index (χ4v) is 3.81. The topological polar surface area (TPSA) is 102 Å². The monoisotopic (exact) mass is 391 g/mol. The lowest BCUT2D eigenvalue weighted by Crippen LogP contribution is -2.46. The zero-order chi connectivity index (χ0) is 21.1. The summed E-state index contributed by atoms with van der Waals surface area (Å²) in [4.78, 5) is 12.6. The first-order valence-electron chi connectivity index (χ1n) is 9.42. The molecule has 4 N–H and O–H groups in total. The van der Waals surface area contributed by atoms with Crippen molar-refractivity contribution in [1.82, 2.24) is 5.32 Å². The van der Waals surface area contributed by atoms with Crippen LogP contribution in [0.15, 0.2) is 30.9 Å². The molecule has 7 heteroatoms. The molecule has 2 rings (SSSR count). The number of rotatable bonds is 9. The zero-order valence-corrected chi connectivity index (χ0v) is 17.0. The molecule has 0 spiro atoms. The van der Waals surface area contributed by atoms with Crippen LogP contribution in [0.2, 0.25) is 0 Å². The summed E-state index contributed by atoms with van der Waals surface area (Å²) in [5.74, 6) is -0.332. The van der Waals surface area contributed by atoms with E-state index in [0.29, 0.717) is 5.56 Å². The van der Waals surface area contributed by atoms with Gasteiger partial charge in [-0.05, 0) is 39.0 Å². The molecule has 1 heterocycles. The lowest BCUT2D eigenvalue weighted by Gasteiger charge is -2.25. The molecular formula is C21H31N2O5+. The molecule has 1 aromatic carbocycles. The molecule has 1 aromatic rings. The minimum atomic E-state index is -1.23. The highest BCUT2D eigenvalue weighted by Gasteiger charge is 2.43. The quantitative estimate of drug-likeness (QED) is 0.465. The van der Waals surface area contributed by atoms with Gasteiger partial charge in [0.25, 0.3) is 5.91 Å². The van der Waals surface area contributed by atoms with E-state index in [1.807, 2.05) is 18.2 Å². The van der Waals surface area contributed by atoms with E-state index in [0.717, 1.165) is 23.5 Å². The molecule has 0 bridgehead atoms. The van der Waals surface area contributed by atoms with Gasteiger partial charge in [0, 0.05) is 30.8 Å². The third-order valence-corrected chi connectivity index (χ3v) is 5.35. The van der Waals surface area contributed by atoms with Crippen molar-refractivity contribution in [3.8, 4) is 0 Å². The van der Waals surface area contributed by atoms with Crippen molar-refractivity contribution in [1.29, 1.82) is 0 Å². The maximum absolute atomic E-state index is 12.6. The Bertz CT molecular complexity index is 772. The predicted molar refractivity (Wildman–Crippen MR) is 107 cm³/mol. The van der Waals surface area contributed by atoms with Crippen LogP contribution in [0.3, 0.4) is 0 Å². The molecule has 0 fully saturated rings. The van der Waals surface area contributed by atoms with E-state index >= 15 is 0 Å². The molecule has 3 atom stereocenters. The highest BCUT2D eigenvalue weighted by atomic mass is 16.5. The molecule has 0 aliphatic carbocycles. The SMILES string of the molecule is C=CC1=[N+](CC)c2ccc(C(=O)NCC(O)C(OC)C(O)CO)cc2C1(C)C. The molecule has 154 valence electrons. The number of fused-ring (bicyclic) bond motifs is 1. The first-order chi connectivity index (χ1) is 13.2. The van der Waals surface area contributed by atoms with Crippen molar-refractivity contribution in [2.75, 3.05) is 26.8 Å². The first kappa shape index (κ1) is 22.2. The number of amides is 1. The fourth-order valence-electron chi connectivity index (χ4n) is 3.81. The van der Waals surface area contributed by atoms with Crippen LogP contribution in [0.25, 0.3) is 0 Å². The Kier molecular flexibility index (Phi) is 7.11. The van der Waals surface area contributed by atoms with E-state index in [2.05, 4.69) is 37.2 Å². The molecule has 1 aliphatic heterocycles. The summed E-state index contributed by atoms with van der Waals surface area (Å²) >= 11 is 0. The van der Waals surface area contributed by atoms with E-state index in [4.69, 9.17) is 9.84 Å². The number of allylic oxidation sites excluding steroid dienone is 1. The second-order valence-electron chi connectivity index (χ2n) is 7.42. The van der Waals surface area contributed by atoms with Gasteiger partial charge in [0.1, 0.15) is 24.9 Å². The van der Waals surface area contributed by atoms with Crippen molar-refractivity contribution in [2.45, 2.75) is 44.5 Å². The highest BCUT2D eigenvalue weighted by Crippen LogP contribution is 2.40. The zero-order valence-electron chi connectivity index (χ0n) is 17.0. The minimum Gasteiger partial charge on any atom is -0.394 e. The molecule has 0 aromatic heterocycles. The van der Waals surface area contributed by atoms with Gasteiger partial charge in [-0.15, -0.1) is 0 Å². The minimum absolute atomic E-state index is 0.111. The molecule has 28 heavy (non-hydrogen) atoms. The van der Waals surface area contributed by atoms with E-state index in [1.54, 1.807) is 6.07 Å². The standard InChI is InChI=1S/C21H30N2O5/c1-6-18-21(3,4)14-10-13(8-9-15(14)23(18)7-2)20(27)22-11-16(25)19(28-5)17(26)12-24/h6,8-10,16-17,19,24-26H,1,7,11-12H2,2-5H3/p+1. The van der Waals surface area contributed by atoms with E-state index in [-0.39, 0.29) is 17.9 Å². The van der Waals surface area contributed by atoms with Gasteiger partial charge in [-0.2, -0.15) is 4.58 Å². The molecule has 3 unspecified atom stereocenters. The number of methoxy groups -OCH3 is 1. The maximum atomic E-state index is 12.6. The summed E-state index contributed by atoms with van der Waals surface area (Å²) in [7, 11) is 1.32. The fraction of sp³-hybridized carbons (Fsp3) is 0.524. The Morgan fingerprint density at radius 2 is 2.04 bits per heavy atom. The van der Waals surface area contributed by atoms with Crippen LogP contribution in [0.4, 0.5) is 5.69 Å². The molecule has 0 saturated heterocycles. The summed E-state index contributed by atoms with van der Waals surface area (Å²) < 4.78 is 7.20. The van der Waals surface area contributed by atoms with Crippen molar-refractivity contribution >= 4 is 17.3 Å². The van der Waals surface area contributed by atoms with Gasteiger partial charge in [0.05, 0.1) is 12.0 Å². The number of nitrogens with zero attached hydrogens (tertiary/aromatic N) is 1. The Morgan fingerprint density at radius 3 is 2.57 bits per heavy atom. The smallest absolute Gasteiger partial charge is 0.251 e. The lowest BCUT2D eigenvalue weighted by atomic mass is 9.81. The largest absolute Gasteiger partial charge is 0.394 e. The molecule has 0 radical (unpaired) electrons. The Hall–Kier alpha value is -2.06. The first-order valence-corrected chi connectivity index (χ1v) is 9.42. The number of aliphatic hydroxyl groups is 3. The number of ether oxygens (including phenoxy) is 1. The second kappa shape index (κ2) is 8.96. The number of hydrogen-bond donors (Lipinski definition) is 4. The summed E-state index contributed by atoms with van der Waals surface area (Å²) in [6.07, 6.45) is -1.52. The maximum Gasteiger partial charge on any atom is 0.251 e. The van der Waals surface area contributed by atoms with Crippen molar-refractivity contribution in [2.24, 2.45) is 0 Å². The van der Waals surface area contributed by atoms with E-state index < -0.39 is 24.9 Å². The molecule has 1 amide bonds. The van der Waals surface area contributed by atoms with Gasteiger partial charge in [0.2, 0.25) is 5.69 Å².